The van der Waals surface area contributed by atoms with Gasteiger partial charge in [-0.15, -0.1) is 34.2 Å². The number of nitrogens with one attached hydrogen (secondary N) is 2. The zero-order valence-corrected chi connectivity index (χ0v) is 18.2. The lowest BCUT2D eigenvalue weighted by atomic mass is 10.1. The predicted octanol–water partition coefficient (Wildman–Crippen LogP) is 2.14. The van der Waals surface area contributed by atoms with E-state index in [1.165, 1.54) is 0 Å². The molecule has 2 aromatic heterocycles. The molecule has 3 N–H and O–H groups in total. The summed E-state index contributed by atoms with van der Waals surface area (Å²) in [7, 11) is 1.61. The van der Waals surface area contributed by atoms with Gasteiger partial charge in [0.05, 0.1) is 13.2 Å². The maximum Gasteiger partial charge on any atom is 0.191 e. The first-order valence-corrected chi connectivity index (χ1v) is 8.84. The Hall–Kier alpha value is -2.40. The van der Waals surface area contributed by atoms with Gasteiger partial charge in [-0.2, -0.15) is 0 Å². The molecule has 0 fully saturated rings. The molecule has 3 aromatic rings. The number of aliphatic imine (C=N–C) groups is 1. The molecule has 150 valence electrons. The van der Waals surface area contributed by atoms with Crippen molar-refractivity contribution in [2.75, 3.05) is 20.2 Å². The smallest absolute Gasteiger partial charge is 0.191 e. The van der Waals surface area contributed by atoms with Crippen molar-refractivity contribution in [1.29, 1.82) is 0 Å². The Labute approximate surface area is 181 Å². The minimum Gasteiger partial charge on any atom is -0.497 e. The SMILES string of the molecule is CCNC(=NCc1nnc2ccccn12)NCC(O)c1cccc(OC)c1.I. The summed E-state index contributed by atoms with van der Waals surface area (Å²) in [5.41, 5.74) is 1.57. The highest BCUT2D eigenvalue weighted by molar-refractivity contribution is 14.0. The number of rotatable bonds is 7. The van der Waals surface area contributed by atoms with Crippen LogP contribution in [0.3, 0.4) is 0 Å². The second-order valence-electron chi connectivity index (χ2n) is 5.91. The summed E-state index contributed by atoms with van der Waals surface area (Å²) in [5.74, 6) is 2.06. The van der Waals surface area contributed by atoms with Gasteiger partial charge in [0, 0.05) is 19.3 Å². The Balaban J connectivity index is 0.00000280. The van der Waals surface area contributed by atoms with Crippen molar-refractivity contribution in [2.24, 2.45) is 4.99 Å². The van der Waals surface area contributed by atoms with E-state index < -0.39 is 6.10 Å². The first-order chi connectivity index (χ1) is 13.2. The molecule has 0 aliphatic heterocycles. The van der Waals surface area contributed by atoms with Crippen LogP contribution in [0.4, 0.5) is 0 Å². The number of pyridine rings is 1. The Kier molecular flexibility index (Phi) is 8.45. The van der Waals surface area contributed by atoms with Crippen LogP contribution in [0.5, 0.6) is 5.75 Å². The molecule has 0 spiro atoms. The fourth-order valence-electron chi connectivity index (χ4n) is 2.65. The minimum absolute atomic E-state index is 0. The predicted molar refractivity (Wildman–Crippen MR) is 119 cm³/mol. The van der Waals surface area contributed by atoms with Gasteiger partial charge in [-0.25, -0.2) is 4.99 Å². The van der Waals surface area contributed by atoms with Crippen LogP contribution in [0.2, 0.25) is 0 Å². The minimum atomic E-state index is -0.683. The maximum absolute atomic E-state index is 10.4. The number of hydrogen-bond donors (Lipinski definition) is 3. The molecular formula is C19H25IN6O2. The number of hydrogen-bond acceptors (Lipinski definition) is 5. The van der Waals surface area contributed by atoms with Crippen LogP contribution in [0.15, 0.2) is 53.7 Å². The Morgan fingerprint density at radius 1 is 1.21 bits per heavy atom. The molecule has 0 saturated carbocycles. The van der Waals surface area contributed by atoms with E-state index in [9.17, 15) is 5.11 Å². The fourth-order valence-corrected chi connectivity index (χ4v) is 2.65. The molecule has 8 nitrogen and oxygen atoms in total. The largest absolute Gasteiger partial charge is 0.497 e. The van der Waals surface area contributed by atoms with E-state index in [1.807, 2.05) is 60.0 Å². The third-order valence-corrected chi connectivity index (χ3v) is 4.05. The second-order valence-corrected chi connectivity index (χ2v) is 5.91. The van der Waals surface area contributed by atoms with Gasteiger partial charge >= 0.3 is 0 Å². The van der Waals surface area contributed by atoms with Crippen molar-refractivity contribution in [1.82, 2.24) is 25.2 Å². The molecular weight excluding hydrogens is 471 g/mol. The molecule has 2 heterocycles. The molecule has 0 amide bonds. The van der Waals surface area contributed by atoms with E-state index in [4.69, 9.17) is 4.74 Å². The van der Waals surface area contributed by atoms with E-state index in [1.54, 1.807) is 7.11 Å². The Morgan fingerprint density at radius 2 is 2.07 bits per heavy atom. The topological polar surface area (TPSA) is 96.1 Å². The van der Waals surface area contributed by atoms with E-state index in [0.29, 0.717) is 31.3 Å². The van der Waals surface area contributed by atoms with Gasteiger partial charge in [-0.3, -0.25) is 4.40 Å². The highest BCUT2D eigenvalue weighted by atomic mass is 127. The number of halogens is 1. The number of methoxy groups -OCH3 is 1. The molecule has 1 aromatic carbocycles. The fraction of sp³-hybridized carbons (Fsp3) is 0.316. The van der Waals surface area contributed by atoms with Gasteiger partial charge in [0.15, 0.2) is 17.4 Å². The van der Waals surface area contributed by atoms with Crippen molar-refractivity contribution in [3.63, 3.8) is 0 Å². The number of aromatic nitrogens is 3. The summed E-state index contributed by atoms with van der Waals surface area (Å²) in [6, 6.07) is 13.1. The Morgan fingerprint density at radius 3 is 2.86 bits per heavy atom. The van der Waals surface area contributed by atoms with E-state index in [0.717, 1.165) is 17.0 Å². The van der Waals surface area contributed by atoms with Gasteiger partial charge in [-0.1, -0.05) is 18.2 Å². The van der Waals surface area contributed by atoms with E-state index in [2.05, 4.69) is 25.8 Å². The average molecular weight is 496 g/mol. The number of aliphatic hydroxyl groups excluding tert-OH is 1. The summed E-state index contributed by atoms with van der Waals surface area (Å²) >= 11 is 0. The van der Waals surface area contributed by atoms with Crippen LogP contribution in [-0.4, -0.2) is 45.9 Å². The molecule has 1 unspecified atom stereocenters. The zero-order valence-electron chi connectivity index (χ0n) is 15.9. The summed E-state index contributed by atoms with van der Waals surface area (Å²) < 4.78 is 7.10. The van der Waals surface area contributed by atoms with Crippen LogP contribution in [0.25, 0.3) is 5.65 Å². The molecule has 1 atom stereocenters. The molecule has 0 aliphatic carbocycles. The second kappa shape index (κ2) is 10.8. The van der Waals surface area contributed by atoms with E-state index >= 15 is 0 Å². The molecule has 9 heteroatoms. The first kappa shape index (κ1) is 21.9. The highest BCUT2D eigenvalue weighted by Gasteiger charge is 2.10. The number of nitrogens with zero attached hydrogens (tertiary/aromatic N) is 4. The third-order valence-electron chi connectivity index (χ3n) is 4.05. The van der Waals surface area contributed by atoms with Crippen molar-refractivity contribution in [2.45, 2.75) is 19.6 Å². The van der Waals surface area contributed by atoms with Crippen LogP contribution in [0.1, 0.15) is 24.4 Å². The third kappa shape index (κ3) is 5.55. The van der Waals surface area contributed by atoms with Crippen LogP contribution < -0.4 is 15.4 Å². The summed E-state index contributed by atoms with van der Waals surface area (Å²) in [6.45, 7) is 3.39. The van der Waals surface area contributed by atoms with Crippen LogP contribution in [-0.2, 0) is 6.54 Å². The van der Waals surface area contributed by atoms with Crippen LogP contribution >= 0.6 is 24.0 Å². The van der Waals surface area contributed by atoms with Gasteiger partial charge in [0.25, 0.3) is 0 Å². The number of fused-ring (bicyclic) bond motifs is 1. The van der Waals surface area contributed by atoms with Gasteiger partial charge in [0.2, 0.25) is 0 Å². The highest BCUT2D eigenvalue weighted by Crippen LogP contribution is 2.18. The van der Waals surface area contributed by atoms with Crippen molar-refractivity contribution in [3.8, 4) is 5.75 Å². The van der Waals surface area contributed by atoms with E-state index in [-0.39, 0.29) is 24.0 Å². The lowest BCUT2D eigenvalue weighted by molar-refractivity contribution is 0.180. The number of guanidine groups is 1. The average Bonchev–Trinajstić information content (AvgIpc) is 3.13. The van der Waals surface area contributed by atoms with Crippen molar-refractivity contribution in [3.05, 3.63) is 60.0 Å². The molecule has 28 heavy (non-hydrogen) atoms. The normalized spacial score (nSPS) is 12.3. The molecule has 0 radical (unpaired) electrons. The number of benzene rings is 1. The zero-order chi connectivity index (χ0) is 19.1. The van der Waals surface area contributed by atoms with Gasteiger partial charge in [0.1, 0.15) is 12.3 Å². The number of ether oxygens (including phenoxy) is 1. The molecule has 0 aliphatic rings. The van der Waals surface area contributed by atoms with Crippen molar-refractivity contribution < 1.29 is 9.84 Å². The van der Waals surface area contributed by atoms with Crippen LogP contribution in [0, 0.1) is 0 Å². The molecule has 0 saturated heterocycles. The summed E-state index contributed by atoms with van der Waals surface area (Å²) in [4.78, 5) is 4.54. The lowest BCUT2D eigenvalue weighted by Gasteiger charge is -2.16. The van der Waals surface area contributed by atoms with Crippen molar-refractivity contribution >= 4 is 35.6 Å². The van der Waals surface area contributed by atoms with Gasteiger partial charge < -0.3 is 20.5 Å². The monoisotopic (exact) mass is 496 g/mol. The maximum atomic E-state index is 10.4. The first-order valence-electron chi connectivity index (χ1n) is 8.84. The molecule has 0 bridgehead atoms. The number of aliphatic hydroxyl groups is 1. The van der Waals surface area contributed by atoms with Gasteiger partial charge in [-0.05, 0) is 36.8 Å². The lowest BCUT2D eigenvalue weighted by Crippen LogP contribution is -2.39. The standard InChI is InChI=1S/C19H24N6O2.HI/c1-3-20-19(21-12-16(26)14-7-6-8-15(11-14)27-2)22-13-18-24-23-17-9-4-5-10-25(17)18;/h4-11,16,26H,3,12-13H2,1-2H3,(H2,20,21,22);1H. The summed E-state index contributed by atoms with van der Waals surface area (Å²) in [6.07, 6.45) is 1.23. The quantitative estimate of drug-likeness (QED) is 0.264. The Bertz CT molecular complexity index is 914. The summed E-state index contributed by atoms with van der Waals surface area (Å²) in [5, 5.41) is 25.0. The molecule has 3 rings (SSSR count).